The van der Waals surface area contributed by atoms with Gasteiger partial charge in [-0.1, -0.05) is 0 Å². The van der Waals surface area contributed by atoms with Crippen LogP contribution in [-0.2, 0) is 4.84 Å². The second-order valence-electron chi connectivity index (χ2n) is 2.88. The number of nitrogens with one attached hydrogen (secondary N) is 1. The first-order chi connectivity index (χ1) is 6.24. The van der Waals surface area contributed by atoms with E-state index < -0.39 is 12.1 Å². The topological polar surface area (TPSA) is 84.7 Å². The van der Waals surface area contributed by atoms with Gasteiger partial charge in [-0.05, 0) is 19.3 Å². The number of hydrogen-bond donors (Lipinski definition) is 2. The highest BCUT2D eigenvalue weighted by Crippen LogP contribution is 2.08. The van der Waals surface area contributed by atoms with Crippen LogP contribution in [0.5, 0.6) is 0 Å². The monoisotopic (exact) mass is 187 g/mol. The lowest BCUT2D eigenvalue weighted by Gasteiger charge is -2.25. The van der Waals surface area contributed by atoms with E-state index in [1.54, 1.807) is 4.90 Å². The summed E-state index contributed by atoms with van der Waals surface area (Å²) in [6, 6.07) is -0.435. The molecule has 6 nitrogen and oxygen atoms in total. The van der Waals surface area contributed by atoms with Crippen molar-refractivity contribution in [1.29, 1.82) is 0 Å². The minimum Gasteiger partial charge on any atom is -0.356 e. The number of amides is 3. The van der Waals surface area contributed by atoms with Gasteiger partial charge in [0.15, 0.2) is 0 Å². The van der Waals surface area contributed by atoms with E-state index in [2.05, 4.69) is 10.7 Å². The van der Waals surface area contributed by atoms with Gasteiger partial charge in [0.2, 0.25) is 0 Å². The normalized spacial score (nSPS) is 16.5. The maximum Gasteiger partial charge on any atom is 0.434 e. The molecule has 74 valence electrons. The maximum atomic E-state index is 11.2. The number of piperidine rings is 1. The SMILES string of the molecule is NOC(=O)NC(=O)N1CCCCC1. The lowest BCUT2D eigenvalue weighted by atomic mass is 10.1. The molecule has 1 aliphatic rings. The summed E-state index contributed by atoms with van der Waals surface area (Å²) in [7, 11) is 0. The van der Waals surface area contributed by atoms with Gasteiger partial charge in [-0.15, -0.1) is 0 Å². The first kappa shape index (κ1) is 9.79. The molecule has 13 heavy (non-hydrogen) atoms. The Morgan fingerprint density at radius 2 is 1.85 bits per heavy atom. The van der Waals surface area contributed by atoms with E-state index in [4.69, 9.17) is 0 Å². The molecule has 6 heteroatoms. The molecule has 0 radical (unpaired) electrons. The summed E-state index contributed by atoms with van der Waals surface area (Å²) in [6.45, 7) is 1.37. The molecule has 1 rings (SSSR count). The third-order valence-corrected chi connectivity index (χ3v) is 1.96. The maximum absolute atomic E-state index is 11.2. The molecular weight excluding hydrogens is 174 g/mol. The van der Waals surface area contributed by atoms with Crippen molar-refractivity contribution in [3.63, 3.8) is 0 Å². The van der Waals surface area contributed by atoms with Crippen LogP contribution in [0.15, 0.2) is 0 Å². The Morgan fingerprint density at radius 1 is 1.23 bits per heavy atom. The Kier molecular flexibility index (Phi) is 3.51. The van der Waals surface area contributed by atoms with E-state index in [9.17, 15) is 9.59 Å². The van der Waals surface area contributed by atoms with Crippen LogP contribution in [0.25, 0.3) is 0 Å². The molecule has 0 atom stereocenters. The van der Waals surface area contributed by atoms with Gasteiger partial charge in [-0.25, -0.2) is 14.9 Å². The number of urea groups is 1. The van der Waals surface area contributed by atoms with E-state index in [1.807, 2.05) is 5.32 Å². The zero-order chi connectivity index (χ0) is 9.68. The minimum atomic E-state index is -0.921. The number of rotatable bonds is 0. The van der Waals surface area contributed by atoms with Crippen molar-refractivity contribution in [1.82, 2.24) is 10.2 Å². The zero-order valence-electron chi connectivity index (χ0n) is 7.28. The average molecular weight is 187 g/mol. The Balaban J connectivity index is 2.33. The first-order valence-electron chi connectivity index (χ1n) is 4.20. The zero-order valence-corrected chi connectivity index (χ0v) is 7.28. The van der Waals surface area contributed by atoms with E-state index in [0.717, 1.165) is 19.3 Å². The molecule has 0 aromatic rings. The highest BCUT2D eigenvalue weighted by molar-refractivity contribution is 5.90. The average Bonchev–Trinajstić information content (AvgIpc) is 2.19. The van der Waals surface area contributed by atoms with Crippen LogP contribution >= 0.6 is 0 Å². The number of carbonyl (C=O) groups is 2. The second kappa shape index (κ2) is 4.66. The molecule has 0 aromatic carbocycles. The number of hydrogen-bond acceptors (Lipinski definition) is 4. The van der Waals surface area contributed by atoms with Crippen LogP contribution in [-0.4, -0.2) is 30.1 Å². The fourth-order valence-electron chi connectivity index (χ4n) is 1.29. The predicted octanol–water partition coefficient (Wildman–Crippen LogP) is 0.192. The van der Waals surface area contributed by atoms with Gasteiger partial charge < -0.3 is 9.74 Å². The molecule has 1 saturated heterocycles. The Morgan fingerprint density at radius 3 is 2.38 bits per heavy atom. The van der Waals surface area contributed by atoms with Crippen molar-refractivity contribution in [2.24, 2.45) is 5.90 Å². The van der Waals surface area contributed by atoms with Crippen molar-refractivity contribution in [2.45, 2.75) is 19.3 Å². The summed E-state index contributed by atoms with van der Waals surface area (Å²) >= 11 is 0. The molecule has 3 N–H and O–H groups in total. The molecule has 0 saturated carbocycles. The van der Waals surface area contributed by atoms with Crippen molar-refractivity contribution in [3.05, 3.63) is 0 Å². The summed E-state index contributed by atoms with van der Waals surface area (Å²) in [5.41, 5.74) is 0. The molecular formula is C7H13N3O3. The fourth-order valence-corrected chi connectivity index (χ4v) is 1.29. The van der Waals surface area contributed by atoms with Crippen LogP contribution in [0.2, 0.25) is 0 Å². The fraction of sp³-hybridized carbons (Fsp3) is 0.714. The van der Waals surface area contributed by atoms with Crippen LogP contribution in [0.4, 0.5) is 9.59 Å². The molecule has 1 heterocycles. The van der Waals surface area contributed by atoms with E-state index >= 15 is 0 Å². The number of carbonyl (C=O) groups excluding carboxylic acids is 2. The number of imide groups is 1. The van der Waals surface area contributed by atoms with E-state index in [0.29, 0.717) is 13.1 Å². The van der Waals surface area contributed by atoms with Gasteiger partial charge in [0.1, 0.15) is 0 Å². The van der Waals surface area contributed by atoms with Gasteiger partial charge in [-0.2, -0.15) is 5.90 Å². The minimum absolute atomic E-state index is 0.435. The molecule has 1 fully saturated rings. The van der Waals surface area contributed by atoms with Gasteiger partial charge in [0, 0.05) is 13.1 Å². The van der Waals surface area contributed by atoms with Gasteiger partial charge in [0.25, 0.3) is 0 Å². The molecule has 0 bridgehead atoms. The number of nitrogens with two attached hydrogens (primary N) is 1. The summed E-state index contributed by atoms with van der Waals surface area (Å²) in [4.78, 5) is 27.2. The largest absolute Gasteiger partial charge is 0.434 e. The highest BCUT2D eigenvalue weighted by Gasteiger charge is 2.18. The predicted molar refractivity (Wildman–Crippen MR) is 44.6 cm³/mol. The van der Waals surface area contributed by atoms with Crippen molar-refractivity contribution < 1.29 is 14.4 Å². The van der Waals surface area contributed by atoms with E-state index in [1.165, 1.54) is 0 Å². The third kappa shape index (κ3) is 2.90. The van der Waals surface area contributed by atoms with Crippen LogP contribution < -0.4 is 11.2 Å². The molecule has 0 unspecified atom stereocenters. The standard InChI is InChI=1S/C7H13N3O3/c8-13-7(12)9-6(11)10-4-2-1-3-5-10/h1-5,8H2,(H,9,11,12). The molecule has 3 amide bonds. The molecule has 1 aliphatic heterocycles. The van der Waals surface area contributed by atoms with Gasteiger partial charge in [0.05, 0.1) is 0 Å². The summed E-state index contributed by atoms with van der Waals surface area (Å²) in [5.74, 6) is 4.57. The van der Waals surface area contributed by atoms with Crippen molar-refractivity contribution in [3.8, 4) is 0 Å². The van der Waals surface area contributed by atoms with Crippen molar-refractivity contribution in [2.75, 3.05) is 13.1 Å². The summed E-state index contributed by atoms with van der Waals surface area (Å²) < 4.78 is 0. The van der Waals surface area contributed by atoms with Gasteiger partial charge in [-0.3, -0.25) is 0 Å². The van der Waals surface area contributed by atoms with Crippen LogP contribution in [0, 0.1) is 0 Å². The van der Waals surface area contributed by atoms with E-state index in [-0.39, 0.29) is 0 Å². The Hall–Kier alpha value is -1.30. The molecule has 0 spiro atoms. The highest BCUT2D eigenvalue weighted by atomic mass is 16.7. The number of likely N-dealkylation sites (tertiary alicyclic amines) is 1. The Labute approximate surface area is 76.0 Å². The summed E-state index contributed by atoms with van der Waals surface area (Å²) in [5, 5.41) is 2.00. The number of nitrogens with zero attached hydrogens (tertiary/aromatic N) is 1. The molecule has 0 aliphatic carbocycles. The second-order valence-corrected chi connectivity index (χ2v) is 2.88. The lowest BCUT2D eigenvalue weighted by molar-refractivity contribution is 0.141. The quantitative estimate of drug-likeness (QED) is 0.530. The van der Waals surface area contributed by atoms with Gasteiger partial charge >= 0.3 is 12.1 Å². The van der Waals surface area contributed by atoms with Crippen LogP contribution in [0.1, 0.15) is 19.3 Å². The molecule has 0 aromatic heterocycles. The Bertz CT molecular complexity index is 201. The first-order valence-corrected chi connectivity index (χ1v) is 4.20. The smallest absolute Gasteiger partial charge is 0.356 e. The van der Waals surface area contributed by atoms with Crippen molar-refractivity contribution >= 4 is 12.1 Å². The third-order valence-electron chi connectivity index (χ3n) is 1.96. The summed E-state index contributed by atoms with van der Waals surface area (Å²) in [6.07, 6.45) is 2.16. The lowest BCUT2D eigenvalue weighted by Crippen LogP contribution is -2.45. The van der Waals surface area contributed by atoms with Crippen LogP contribution in [0.3, 0.4) is 0 Å².